The molecule has 0 aliphatic heterocycles. The highest BCUT2D eigenvalue weighted by atomic mass is 35.5. The van der Waals surface area contributed by atoms with Gasteiger partial charge in [0.2, 0.25) is 0 Å². The van der Waals surface area contributed by atoms with Gasteiger partial charge in [-0.15, -0.1) is 0 Å². The summed E-state index contributed by atoms with van der Waals surface area (Å²) in [4.78, 5) is 8.05. The molecule has 1 unspecified atom stereocenters. The van der Waals surface area contributed by atoms with E-state index in [0.717, 1.165) is 6.07 Å². The number of aromatic nitrogens is 3. The van der Waals surface area contributed by atoms with E-state index in [-0.39, 0.29) is 10.8 Å². The van der Waals surface area contributed by atoms with E-state index in [1.807, 2.05) is 0 Å². The van der Waals surface area contributed by atoms with E-state index in [1.54, 1.807) is 36.1 Å². The number of imidazole rings is 1. The normalized spacial score (nSPS) is 12.8. The molecule has 136 valence electrons. The highest BCUT2D eigenvalue weighted by Crippen LogP contribution is 2.34. The summed E-state index contributed by atoms with van der Waals surface area (Å²) in [5.74, 6) is 0.226. The zero-order chi connectivity index (χ0) is 18.9. The molecule has 26 heavy (non-hydrogen) atoms. The molecule has 0 fully saturated rings. The van der Waals surface area contributed by atoms with Crippen LogP contribution < -0.4 is 5.32 Å². The lowest BCUT2D eigenvalue weighted by Crippen LogP contribution is -2.18. The maximum atomic E-state index is 13.2. The predicted octanol–water partition coefficient (Wildman–Crippen LogP) is 4.83. The Bertz CT molecular complexity index is 906. The van der Waals surface area contributed by atoms with Crippen molar-refractivity contribution in [3.05, 3.63) is 76.7 Å². The maximum Gasteiger partial charge on any atom is 0.417 e. The van der Waals surface area contributed by atoms with Gasteiger partial charge in [0.15, 0.2) is 0 Å². The second-order valence-corrected chi connectivity index (χ2v) is 5.98. The first-order chi connectivity index (χ1) is 12.3. The van der Waals surface area contributed by atoms with Crippen molar-refractivity contribution in [3.8, 4) is 0 Å². The van der Waals surface area contributed by atoms with Crippen LogP contribution in [0.2, 0.25) is 5.02 Å². The van der Waals surface area contributed by atoms with E-state index in [9.17, 15) is 17.6 Å². The first-order valence-electron chi connectivity index (χ1n) is 7.47. The number of pyridine rings is 1. The molecule has 0 aliphatic rings. The molecule has 1 atom stereocenters. The number of halogens is 5. The molecule has 0 radical (unpaired) electrons. The SMILES string of the molecule is Cn1ccnc1C(Nc1ncc(C(F)(F)F)cc1Cl)c1ccc(F)cc1. The minimum atomic E-state index is -4.54. The Kier molecular flexibility index (Phi) is 4.86. The fraction of sp³-hybridized carbons (Fsp3) is 0.176. The van der Waals surface area contributed by atoms with Crippen molar-refractivity contribution in [2.75, 3.05) is 5.32 Å². The van der Waals surface area contributed by atoms with Crippen molar-refractivity contribution in [1.29, 1.82) is 0 Å². The summed E-state index contributed by atoms with van der Waals surface area (Å²) >= 11 is 5.98. The first-order valence-corrected chi connectivity index (χ1v) is 7.85. The average molecular weight is 385 g/mol. The fourth-order valence-corrected chi connectivity index (χ4v) is 2.66. The summed E-state index contributed by atoms with van der Waals surface area (Å²) in [6.45, 7) is 0. The third kappa shape index (κ3) is 3.80. The van der Waals surface area contributed by atoms with Gasteiger partial charge in [-0.3, -0.25) is 0 Å². The molecule has 2 aromatic heterocycles. The van der Waals surface area contributed by atoms with Crippen LogP contribution in [-0.2, 0) is 13.2 Å². The van der Waals surface area contributed by atoms with Crippen LogP contribution in [0.15, 0.2) is 48.9 Å². The topological polar surface area (TPSA) is 42.7 Å². The predicted molar refractivity (Wildman–Crippen MR) is 89.3 cm³/mol. The van der Waals surface area contributed by atoms with Gasteiger partial charge in [-0.05, 0) is 23.8 Å². The molecule has 2 heterocycles. The first kappa shape index (κ1) is 18.2. The van der Waals surface area contributed by atoms with Crippen LogP contribution in [-0.4, -0.2) is 14.5 Å². The van der Waals surface area contributed by atoms with E-state index in [2.05, 4.69) is 15.3 Å². The van der Waals surface area contributed by atoms with Gasteiger partial charge in [-0.1, -0.05) is 23.7 Å². The number of alkyl halides is 3. The Balaban J connectivity index is 1.99. The molecule has 0 spiro atoms. The van der Waals surface area contributed by atoms with Crippen LogP contribution >= 0.6 is 11.6 Å². The van der Waals surface area contributed by atoms with Crippen molar-refractivity contribution in [2.24, 2.45) is 7.05 Å². The Morgan fingerprint density at radius 1 is 1.15 bits per heavy atom. The van der Waals surface area contributed by atoms with E-state index in [1.165, 1.54) is 12.1 Å². The Morgan fingerprint density at radius 2 is 1.85 bits per heavy atom. The van der Waals surface area contributed by atoms with E-state index in [0.29, 0.717) is 17.6 Å². The van der Waals surface area contributed by atoms with Gasteiger partial charge in [0.05, 0.1) is 10.6 Å². The number of hydrogen-bond acceptors (Lipinski definition) is 3. The largest absolute Gasteiger partial charge is 0.417 e. The monoisotopic (exact) mass is 384 g/mol. The third-order valence-electron chi connectivity index (χ3n) is 3.77. The molecule has 3 rings (SSSR count). The summed E-state index contributed by atoms with van der Waals surface area (Å²) in [5.41, 5.74) is -0.290. The van der Waals surface area contributed by atoms with Gasteiger partial charge in [-0.2, -0.15) is 13.2 Å². The standard InChI is InChI=1S/C17H13ClF4N4/c1-26-7-6-23-16(26)14(10-2-4-12(19)5-3-10)25-15-13(18)8-11(9-24-15)17(20,21)22/h2-9,14H,1H3,(H,24,25). The number of nitrogens with zero attached hydrogens (tertiary/aromatic N) is 3. The fourth-order valence-electron chi connectivity index (χ4n) is 2.44. The van der Waals surface area contributed by atoms with Crippen LogP contribution in [0.3, 0.4) is 0 Å². The molecule has 0 aliphatic carbocycles. The van der Waals surface area contributed by atoms with E-state index < -0.39 is 23.6 Å². The van der Waals surface area contributed by atoms with Crippen LogP contribution in [0.5, 0.6) is 0 Å². The van der Waals surface area contributed by atoms with Gasteiger partial charge in [0, 0.05) is 25.6 Å². The molecule has 0 bridgehead atoms. The van der Waals surface area contributed by atoms with Gasteiger partial charge in [-0.25, -0.2) is 14.4 Å². The van der Waals surface area contributed by atoms with Crippen molar-refractivity contribution in [3.63, 3.8) is 0 Å². The summed E-state index contributed by atoms with van der Waals surface area (Å²) in [6.07, 6.45) is -0.537. The summed E-state index contributed by atoms with van der Waals surface area (Å²) in [6, 6.07) is 5.90. The van der Waals surface area contributed by atoms with Crippen LogP contribution in [0.4, 0.5) is 23.4 Å². The Hall–Kier alpha value is -2.61. The number of anilines is 1. The smallest absolute Gasteiger partial charge is 0.355 e. The lowest BCUT2D eigenvalue weighted by atomic mass is 10.1. The quantitative estimate of drug-likeness (QED) is 0.655. The summed E-state index contributed by atoms with van der Waals surface area (Å²) in [7, 11) is 1.77. The minimum absolute atomic E-state index is 0.0667. The average Bonchev–Trinajstić information content (AvgIpc) is 3.00. The lowest BCUT2D eigenvalue weighted by Gasteiger charge is -2.21. The van der Waals surface area contributed by atoms with Crippen molar-refractivity contribution >= 4 is 17.4 Å². The molecule has 9 heteroatoms. The number of rotatable bonds is 4. The molecule has 1 N–H and O–H groups in total. The van der Waals surface area contributed by atoms with Crippen molar-refractivity contribution in [1.82, 2.24) is 14.5 Å². The van der Waals surface area contributed by atoms with Crippen molar-refractivity contribution in [2.45, 2.75) is 12.2 Å². The Labute approximate surface area is 151 Å². The number of nitrogens with one attached hydrogen (secondary N) is 1. The van der Waals surface area contributed by atoms with Gasteiger partial charge in [0.1, 0.15) is 23.5 Å². The molecular weight excluding hydrogens is 372 g/mol. The second kappa shape index (κ2) is 6.95. The highest BCUT2D eigenvalue weighted by Gasteiger charge is 2.32. The maximum absolute atomic E-state index is 13.2. The molecule has 3 aromatic rings. The van der Waals surface area contributed by atoms with Gasteiger partial charge in [0.25, 0.3) is 0 Å². The molecule has 4 nitrogen and oxygen atoms in total. The zero-order valence-corrected chi connectivity index (χ0v) is 14.2. The molecular formula is C17H13ClF4N4. The van der Waals surface area contributed by atoms with Gasteiger partial charge < -0.3 is 9.88 Å². The number of aryl methyl sites for hydroxylation is 1. The highest BCUT2D eigenvalue weighted by molar-refractivity contribution is 6.33. The van der Waals surface area contributed by atoms with E-state index >= 15 is 0 Å². The van der Waals surface area contributed by atoms with E-state index in [4.69, 9.17) is 11.6 Å². The van der Waals surface area contributed by atoms with Gasteiger partial charge >= 0.3 is 6.18 Å². The zero-order valence-electron chi connectivity index (χ0n) is 13.4. The number of benzene rings is 1. The van der Waals surface area contributed by atoms with Crippen LogP contribution in [0.25, 0.3) is 0 Å². The minimum Gasteiger partial charge on any atom is -0.355 e. The summed E-state index contributed by atoms with van der Waals surface area (Å²) < 4.78 is 53.3. The molecule has 0 saturated heterocycles. The van der Waals surface area contributed by atoms with Crippen LogP contribution in [0.1, 0.15) is 23.0 Å². The molecule has 0 saturated carbocycles. The molecule has 0 amide bonds. The van der Waals surface area contributed by atoms with Crippen LogP contribution in [0, 0.1) is 5.82 Å². The lowest BCUT2D eigenvalue weighted by molar-refractivity contribution is -0.137. The Morgan fingerprint density at radius 3 is 2.38 bits per heavy atom. The third-order valence-corrected chi connectivity index (χ3v) is 4.06. The van der Waals surface area contributed by atoms with Crippen molar-refractivity contribution < 1.29 is 17.6 Å². The second-order valence-electron chi connectivity index (χ2n) is 5.58. The summed E-state index contributed by atoms with van der Waals surface area (Å²) in [5, 5.41) is 2.81. The molecule has 1 aromatic carbocycles. The number of hydrogen-bond donors (Lipinski definition) is 1.